The number of hydrogen-bond donors (Lipinski definition) is 1. The highest BCUT2D eigenvalue weighted by molar-refractivity contribution is 5.96. The van der Waals surface area contributed by atoms with Crippen molar-refractivity contribution >= 4 is 11.9 Å². The van der Waals surface area contributed by atoms with Crippen LogP contribution in [-0.2, 0) is 4.79 Å². The first-order valence-corrected chi connectivity index (χ1v) is 6.96. The Morgan fingerprint density at radius 3 is 2.75 bits per heavy atom. The maximum Gasteiger partial charge on any atom is 0.303 e. The Morgan fingerprint density at radius 2 is 2.15 bits per heavy atom. The topological polar surface area (TPSA) is 83.6 Å². The second kappa shape index (κ2) is 6.07. The van der Waals surface area contributed by atoms with Gasteiger partial charge in [0, 0.05) is 19.0 Å². The molecule has 1 aromatic heterocycles. The van der Waals surface area contributed by atoms with Crippen molar-refractivity contribution in [2.45, 2.75) is 52.0 Å². The lowest BCUT2D eigenvalue weighted by molar-refractivity contribution is -0.137. The van der Waals surface area contributed by atoms with Gasteiger partial charge in [0.25, 0.3) is 5.91 Å². The normalized spacial score (nSPS) is 19.1. The third-order valence-electron chi connectivity index (χ3n) is 3.83. The molecule has 1 atom stereocenters. The molecule has 2 heterocycles. The molecule has 6 nitrogen and oxygen atoms in total. The van der Waals surface area contributed by atoms with Gasteiger partial charge in [0.15, 0.2) is 0 Å². The van der Waals surface area contributed by atoms with Crippen molar-refractivity contribution in [1.82, 2.24) is 10.1 Å². The van der Waals surface area contributed by atoms with Crippen LogP contribution in [0.25, 0.3) is 0 Å². The number of carbonyl (C=O) groups is 2. The van der Waals surface area contributed by atoms with Gasteiger partial charge >= 0.3 is 5.97 Å². The van der Waals surface area contributed by atoms with Gasteiger partial charge in [0.2, 0.25) is 0 Å². The average Bonchev–Trinajstić information content (AvgIpc) is 2.75. The van der Waals surface area contributed by atoms with Gasteiger partial charge in [-0.25, -0.2) is 0 Å². The van der Waals surface area contributed by atoms with E-state index in [1.54, 1.807) is 18.7 Å². The molecule has 1 saturated heterocycles. The van der Waals surface area contributed by atoms with E-state index in [-0.39, 0.29) is 18.4 Å². The quantitative estimate of drug-likeness (QED) is 0.913. The van der Waals surface area contributed by atoms with Crippen molar-refractivity contribution in [1.29, 1.82) is 0 Å². The highest BCUT2D eigenvalue weighted by Gasteiger charge is 2.30. The molecule has 0 bridgehead atoms. The third-order valence-corrected chi connectivity index (χ3v) is 3.83. The van der Waals surface area contributed by atoms with Gasteiger partial charge < -0.3 is 14.5 Å². The summed E-state index contributed by atoms with van der Waals surface area (Å²) in [6.07, 6.45) is 3.46. The lowest BCUT2D eigenvalue weighted by Crippen LogP contribution is -2.44. The van der Waals surface area contributed by atoms with E-state index in [9.17, 15) is 9.59 Å². The number of carboxylic acid groups (broad SMARTS) is 1. The Labute approximate surface area is 117 Å². The molecular weight excluding hydrogens is 260 g/mol. The number of hydrogen-bond acceptors (Lipinski definition) is 4. The van der Waals surface area contributed by atoms with Gasteiger partial charge in [-0.3, -0.25) is 9.59 Å². The Morgan fingerprint density at radius 1 is 1.40 bits per heavy atom. The van der Waals surface area contributed by atoms with E-state index in [1.807, 2.05) is 0 Å². The fourth-order valence-corrected chi connectivity index (χ4v) is 2.79. The number of carbonyl (C=O) groups excluding carboxylic acids is 1. The zero-order valence-corrected chi connectivity index (χ0v) is 11.9. The molecule has 2 rings (SSSR count). The lowest BCUT2D eigenvalue weighted by atomic mass is 9.96. The molecule has 0 radical (unpaired) electrons. The third kappa shape index (κ3) is 3.00. The van der Waals surface area contributed by atoms with Crippen molar-refractivity contribution in [2.75, 3.05) is 6.54 Å². The molecule has 1 N–H and O–H groups in total. The fourth-order valence-electron chi connectivity index (χ4n) is 2.79. The highest BCUT2D eigenvalue weighted by atomic mass is 16.5. The van der Waals surface area contributed by atoms with Crippen molar-refractivity contribution in [2.24, 2.45) is 0 Å². The van der Waals surface area contributed by atoms with Gasteiger partial charge in [-0.2, -0.15) is 0 Å². The summed E-state index contributed by atoms with van der Waals surface area (Å²) in [6.45, 7) is 4.15. The van der Waals surface area contributed by atoms with Crippen LogP contribution >= 0.6 is 0 Å². The van der Waals surface area contributed by atoms with Crippen LogP contribution in [0.3, 0.4) is 0 Å². The number of amides is 1. The van der Waals surface area contributed by atoms with Crippen molar-refractivity contribution in [3.63, 3.8) is 0 Å². The molecular formula is C14H20N2O4. The summed E-state index contributed by atoms with van der Waals surface area (Å²) in [6, 6.07) is 0.000972. The first-order valence-electron chi connectivity index (χ1n) is 6.96. The summed E-state index contributed by atoms with van der Waals surface area (Å²) in [5.41, 5.74) is 1.11. The first-order chi connectivity index (χ1) is 9.50. The SMILES string of the molecule is Cc1noc(C)c1C(=O)N1CCCC[C@H]1CCC(=O)O. The number of aromatic nitrogens is 1. The summed E-state index contributed by atoms with van der Waals surface area (Å²) in [4.78, 5) is 25.2. The van der Waals surface area contributed by atoms with E-state index in [2.05, 4.69) is 5.16 Å². The molecule has 1 aliphatic rings. The predicted octanol–water partition coefficient (Wildman–Crippen LogP) is 2.15. The van der Waals surface area contributed by atoms with E-state index in [4.69, 9.17) is 9.63 Å². The first kappa shape index (κ1) is 14.6. The number of aryl methyl sites for hydroxylation is 2. The summed E-state index contributed by atoms with van der Waals surface area (Å²) < 4.78 is 5.05. The summed E-state index contributed by atoms with van der Waals surface area (Å²) in [5, 5.41) is 12.6. The number of aliphatic carboxylic acids is 1. The van der Waals surface area contributed by atoms with Gasteiger partial charge in [-0.05, 0) is 39.5 Å². The average molecular weight is 280 g/mol. The smallest absolute Gasteiger partial charge is 0.303 e. The monoisotopic (exact) mass is 280 g/mol. The maximum absolute atomic E-state index is 12.6. The van der Waals surface area contributed by atoms with Gasteiger partial charge in [-0.1, -0.05) is 5.16 Å². The molecule has 0 aliphatic carbocycles. The minimum atomic E-state index is -0.819. The van der Waals surface area contributed by atoms with E-state index >= 15 is 0 Å². The summed E-state index contributed by atoms with van der Waals surface area (Å²) in [7, 11) is 0. The predicted molar refractivity (Wildman–Crippen MR) is 71.5 cm³/mol. The zero-order chi connectivity index (χ0) is 14.7. The second-order valence-electron chi connectivity index (χ2n) is 5.28. The largest absolute Gasteiger partial charge is 0.481 e. The van der Waals surface area contributed by atoms with Gasteiger partial charge in [0.1, 0.15) is 11.3 Å². The fraction of sp³-hybridized carbons (Fsp3) is 0.643. The van der Waals surface area contributed by atoms with Crippen LogP contribution in [0.2, 0.25) is 0 Å². The standard InChI is InChI=1S/C14H20N2O4/c1-9-13(10(2)20-15-9)14(19)16-8-4-3-5-11(16)6-7-12(17)18/h11H,3-8H2,1-2H3,(H,17,18)/t11-/m0/s1. The van der Waals surface area contributed by atoms with Gasteiger partial charge in [0.05, 0.1) is 5.69 Å². The van der Waals surface area contributed by atoms with E-state index in [1.165, 1.54) is 0 Å². The number of piperidine rings is 1. The Kier molecular flexibility index (Phi) is 4.42. The van der Waals surface area contributed by atoms with Gasteiger partial charge in [-0.15, -0.1) is 0 Å². The van der Waals surface area contributed by atoms with Crippen LogP contribution in [0.5, 0.6) is 0 Å². The number of likely N-dealkylation sites (tertiary alicyclic amines) is 1. The molecule has 20 heavy (non-hydrogen) atoms. The molecule has 1 amide bonds. The van der Waals surface area contributed by atoms with E-state index < -0.39 is 5.97 Å². The van der Waals surface area contributed by atoms with E-state index in [0.717, 1.165) is 19.3 Å². The number of nitrogens with zero attached hydrogens (tertiary/aromatic N) is 2. The highest BCUT2D eigenvalue weighted by Crippen LogP contribution is 2.25. The number of rotatable bonds is 4. The molecule has 1 aromatic rings. The van der Waals surface area contributed by atoms with Crippen LogP contribution in [0, 0.1) is 13.8 Å². The van der Waals surface area contributed by atoms with Crippen LogP contribution in [0.15, 0.2) is 4.52 Å². The minimum absolute atomic E-state index is 0.000972. The van der Waals surface area contributed by atoms with E-state index in [0.29, 0.717) is 30.0 Å². The molecule has 0 unspecified atom stereocenters. The maximum atomic E-state index is 12.6. The summed E-state index contributed by atoms with van der Waals surface area (Å²) in [5.74, 6) is -0.383. The van der Waals surface area contributed by atoms with Crippen LogP contribution in [-0.4, -0.2) is 39.6 Å². The molecule has 1 aliphatic heterocycles. The lowest BCUT2D eigenvalue weighted by Gasteiger charge is -2.35. The molecule has 0 saturated carbocycles. The van der Waals surface area contributed by atoms with Crippen LogP contribution in [0.4, 0.5) is 0 Å². The molecule has 110 valence electrons. The molecule has 0 aromatic carbocycles. The van der Waals surface area contributed by atoms with Crippen LogP contribution in [0.1, 0.15) is 53.9 Å². The Bertz CT molecular complexity index is 490. The van der Waals surface area contributed by atoms with Crippen molar-refractivity contribution < 1.29 is 19.2 Å². The summed E-state index contributed by atoms with van der Waals surface area (Å²) >= 11 is 0. The second-order valence-corrected chi connectivity index (χ2v) is 5.28. The Hall–Kier alpha value is -1.85. The van der Waals surface area contributed by atoms with Crippen LogP contribution < -0.4 is 0 Å². The van der Waals surface area contributed by atoms with Crippen molar-refractivity contribution in [3.8, 4) is 0 Å². The molecule has 0 spiro atoms. The Balaban J connectivity index is 2.15. The zero-order valence-electron chi connectivity index (χ0n) is 11.9. The minimum Gasteiger partial charge on any atom is -0.481 e. The van der Waals surface area contributed by atoms with Crippen molar-refractivity contribution in [3.05, 3.63) is 17.0 Å². The molecule has 6 heteroatoms. The number of carboxylic acids is 1. The molecule has 1 fully saturated rings.